The molecule has 150 valence electrons. The van der Waals surface area contributed by atoms with E-state index in [0.717, 1.165) is 29.3 Å². The van der Waals surface area contributed by atoms with Crippen molar-refractivity contribution >= 4 is 12.0 Å². The van der Waals surface area contributed by atoms with Crippen LogP contribution in [-0.2, 0) is 6.61 Å². The quantitative estimate of drug-likeness (QED) is 0.392. The second-order valence-electron chi connectivity index (χ2n) is 5.95. The SMILES string of the molecule is Cc1cccc(C)c1OCc1cc(OC(F)(F)C(F)(F)F)ccc1C(=O)C=N. The van der Waals surface area contributed by atoms with E-state index in [2.05, 4.69) is 4.74 Å². The monoisotopic (exact) mass is 401 g/mol. The second-order valence-corrected chi connectivity index (χ2v) is 5.95. The van der Waals surface area contributed by atoms with E-state index in [0.29, 0.717) is 12.0 Å². The fraction of sp³-hybridized carbons (Fsp3) is 0.263. The Morgan fingerprint density at radius 1 is 1.07 bits per heavy atom. The third-order valence-electron chi connectivity index (χ3n) is 3.83. The van der Waals surface area contributed by atoms with Crippen molar-refractivity contribution in [2.24, 2.45) is 0 Å². The normalized spacial score (nSPS) is 11.8. The van der Waals surface area contributed by atoms with Crippen LogP contribution in [0.2, 0.25) is 0 Å². The number of ketones is 1. The van der Waals surface area contributed by atoms with Crippen LogP contribution in [0.3, 0.4) is 0 Å². The molecule has 0 saturated carbocycles. The first-order valence-electron chi connectivity index (χ1n) is 7.96. The highest BCUT2D eigenvalue weighted by Gasteiger charge is 2.61. The van der Waals surface area contributed by atoms with Gasteiger partial charge in [0, 0.05) is 11.1 Å². The topological polar surface area (TPSA) is 59.4 Å². The van der Waals surface area contributed by atoms with Gasteiger partial charge in [0.25, 0.3) is 0 Å². The number of hydrogen-bond acceptors (Lipinski definition) is 4. The van der Waals surface area contributed by atoms with Crippen LogP contribution < -0.4 is 9.47 Å². The summed E-state index contributed by atoms with van der Waals surface area (Å²) in [6.45, 7) is 3.25. The lowest BCUT2D eigenvalue weighted by Crippen LogP contribution is -2.41. The Kier molecular flexibility index (Phi) is 6.06. The van der Waals surface area contributed by atoms with Crippen molar-refractivity contribution in [3.8, 4) is 11.5 Å². The van der Waals surface area contributed by atoms with Crippen LogP contribution in [0.25, 0.3) is 0 Å². The average Bonchev–Trinajstić information content (AvgIpc) is 2.59. The average molecular weight is 401 g/mol. The van der Waals surface area contributed by atoms with Crippen LogP contribution in [0.5, 0.6) is 11.5 Å². The van der Waals surface area contributed by atoms with Crippen LogP contribution in [0.4, 0.5) is 22.0 Å². The number of nitrogens with one attached hydrogen (secondary N) is 1. The highest BCUT2D eigenvalue weighted by molar-refractivity contribution is 6.34. The number of carbonyl (C=O) groups is 1. The van der Waals surface area contributed by atoms with E-state index in [1.54, 1.807) is 32.0 Å². The van der Waals surface area contributed by atoms with E-state index in [-0.39, 0.29) is 17.7 Å². The molecule has 2 rings (SSSR count). The Labute approximate surface area is 157 Å². The molecular weight excluding hydrogens is 385 g/mol. The maximum atomic E-state index is 13.1. The number of halogens is 5. The summed E-state index contributed by atoms with van der Waals surface area (Å²) >= 11 is 0. The van der Waals surface area contributed by atoms with Gasteiger partial charge < -0.3 is 14.9 Å². The molecule has 0 aliphatic heterocycles. The smallest absolute Gasteiger partial charge is 0.488 e. The number of alkyl halides is 5. The largest absolute Gasteiger partial charge is 0.499 e. The second kappa shape index (κ2) is 7.95. The molecule has 9 heteroatoms. The number of hydrogen-bond donors (Lipinski definition) is 1. The van der Waals surface area contributed by atoms with Gasteiger partial charge in [-0.3, -0.25) is 4.79 Å². The molecule has 0 bridgehead atoms. The summed E-state index contributed by atoms with van der Waals surface area (Å²) in [4.78, 5) is 11.9. The molecule has 0 aliphatic carbocycles. The Balaban J connectivity index is 2.37. The molecule has 0 spiro atoms. The highest BCUT2D eigenvalue weighted by atomic mass is 19.4. The van der Waals surface area contributed by atoms with Crippen LogP contribution in [0.15, 0.2) is 36.4 Å². The van der Waals surface area contributed by atoms with Crippen LogP contribution in [0.1, 0.15) is 27.0 Å². The summed E-state index contributed by atoms with van der Waals surface area (Å²) in [6.07, 6.45) is -10.8. The maximum Gasteiger partial charge on any atom is 0.499 e. The molecule has 2 aromatic rings. The highest BCUT2D eigenvalue weighted by Crippen LogP contribution is 2.37. The van der Waals surface area contributed by atoms with Crippen molar-refractivity contribution in [2.45, 2.75) is 32.7 Å². The van der Waals surface area contributed by atoms with Gasteiger partial charge in [-0.15, -0.1) is 0 Å². The van der Waals surface area contributed by atoms with Gasteiger partial charge in [0.15, 0.2) is 0 Å². The number of Topliss-reactive ketones (excluding diaryl/α,β-unsaturated/α-hetero) is 1. The van der Waals surface area contributed by atoms with E-state index in [4.69, 9.17) is 10.1 Å². The number of aryl methyl sites for hydroxylation is 2. The molecule has 2 aromatic carbocycles. The first-order valence-corrected chi connectivity index (χ1v) is 7.96. The van der Waals surface area contributed by atoms with Crippen molar-refractivity contribution in [3.63, 3.8) is 0 Å². The molecule has 0 heterocycles. The van der Waals surface area contributed by atoms with Gasteiger partial charge in [0.1, 0.15) is 18.1 Å². The first-order chi connectivity index (χ1) is 13.0. The van der Waals surface area contributed by atoms with Crippen LogP contribution >= 0.6 is 0 Å². The van der Waals surface area contributed by atoms with E-state index >= 15 is 0 Å². The van der Waals surface area contributed by atoms with Gasteiger partial charge in [-0.2, -0.15) is 22.0 Å². The number of rotatable bonds is 7. The number of ether oxygens (including phenoxy) is 2. The molecule has 0 atom stereocenters. The molecule has 4 nitrogen and oxygen atoms in total. The zero-order valence-electron chi connectivity index (χ0n) is 14.9. The summed E-state index contributed by atoms with van der Waals surface area (Å²) in [5, 5.41) is 7.07. The van der Waals surface area contributed by atoms with Gasteiger partial charge in [-0.05, 0) is 43.2 Å². The molecular formula is C19H16F5NO3. The Bertz CT molecular complexity index is 873. The van der Waals surface area contributed by atoms with Gasteiger partial charge in [0.2, 0.25) is 5.78 Å². The van der Waals surface area contributed by atoms with Crippen molar-refractivity contribution < 1.29 is 36.2 Å². The van der Waals surface area contributed by atoms with E-state index in [1.807, 2.05) is 0 Å². The predicted octanol–water partition coefficient (Wildman–Crippen LogP) is 5.25. The van der Waals surface area contributed by atoms with Crippen LogP contribution in [-0.4, -0.2) is 24.3 Å². The van der Waals surface area contributed by atoms with E-state index in [9.17, 15) is 26.7 Å². The third-order valence-corrected chi connectivity index (χ3v) is 3.83. The molecule has 0 radical (unpaired) electrons. The minimum Gasteiger partial charge on any atom is -0.488 e. The fourth-order valence-corrected chi connectivity index (χ4v) is 2.45. The zero-order chi connectivity index (χ0) is 21.1. The lowest BCUT2D eigenvalue weighted by molar-refractivity contribution is -0.360. The van der Waals surface area contributed by atoms with Gasteiger partial charge >= 0.3 is 12.3 Å². The summed E-state index contributed by atoms with van der Waals surface area (Å²) in [7, 11) is 0. The molecule has 0 aromatic heterocycles. The minimum absolute atomic E-state index is 0.00614. The molecule has 0 aliphatic rings. The molecule has 0 fully saturated rings. The van der Waals surface area contributed by atoms with Crippen molar-refractivity contribution in [1.29, 1.82) is 5.41 Å². The molecule has 28 heavy (non-hydrogen) atoms. The Hall–Kier alpha value is -2.97. The molecule has 0 saturated heterocycles. The van der Waals surface area contributed by atoms with Crippen molar-refractivity contribution in [3.05, 3.63) is 58.7 Å². The molecule has 0 unspecified atom stereocenters. The maximum absolute atomic E-state index is 13.1. The Morgan fingerprint density at radius 2 is 1.68 bits per heavy atom. The van der Waals surface area contributed by atoms with E-state index in [1.165, 1.54) is 0 Å². The van der Waals surface area contributed by atoms with Gasteiger partial charge in [0.05, 0.1) is 6.21 Å². The number of carbonyl (C=O) groups excluding carboxylic acids is 1. The third kappa shape index (κ3) is 4.65. The standard InChI is InChI=1S/C19H16F5NO3/c1-11-4-3-5-12(2)17(11)27-10-13-8-14(6-7-15(13)16(26)9-25)28-19(23,24)18(20,21)22/h3-9,25H,10H2,1-2H3. The van der Waals surface area contributed by atoms with Crippen molar-refractivity contribution in [2.75, 3.05) is 0 Å². The lowest BCUT2D eigenvalue weighted by Gasteiger charge is -2.21. The summed E-state index contributed by atoms with van der Waals surface area (Å²) < 4.78 is 72.8. The van der Waals surface area contributed by atoms with Gasteiger partial charge in [-0.1, -0.05) is 18.2 Å². The van der Waals surface area contributed by atoms with Crippen molar-refractivity contribution in [1.82, 2.24) is 0 Å². The first kappa shape index (κ1) is 21.3. The number of benzene rings is 2. The lowest BCUT2D eigenvalue weighted by atomic mass is 10.0. The summed E-state index contributed by atoms with van der Waals surface area (Å²) in [5.74, 6) is -1.05. The molecule has 1 N–H and O–H groups in total. The predicted molar refractivity (Wildman–Crippen MR) is 91.4 cm³/mol. The Morgan fingerprint density at radius 3 is 2.21 bits per heavy atom. The summed E-state index contributed by atoms with van der Waals surface area (Å²) in [6, 6.07) is 8.03. The number of para-hydroxylation sites is 1. The van der Waals surface area contributed by atoms with E-state index < -0.39 is 23.8 Å². The zero-order valence-corrected chi connectivity index (χ0v) is 14.9. The van der Waals surface area contributed by atoms with Crippen LogP contribution in [0, 0.1) is 19.3 Å². The fourth-order valence-electron chi connectivity index (χ4n) is 2.45. The summed E-state index contributed by atoms with van der Waals surface area (Å²) in [5.41, 5.74) is 1.49. The molecule has 0 amide bonds. The van der Waals surface area contributed by atoms with Gasteiger partial charge in [-0.25, -0.2) is 0 Å². The minimum atomic E-state index is -5.90.